The van der Waals surface area contributed by atoms with Gasteiger partial charge in [-0.3, -0.25) is 4.79 Å². The molecule has 2 heterocycles. The highest BCUT2D eigenvalue weighted by Gasteiger charge is 2.61. The standard InChI is InChI=1S/C23H23FN4O3/c1-14-20(12-25-15(2)27-14)31-13-23(17-6-4-5-7-19(17)30-3)10-18(23)22(29)28-21-9-8-16(24)11-26-21/h4-9,11-12,18H,10,13H2,1-3H3,(H,26,28,29). The maximum Gasteiger partial charge on any atom is 0.229 e. The van der Waals surface area contributed by atoms with Crippen molar-refractivity contribution in [2.75, 3.05) is 19.0 Å². The molecule has 0 spiro atoms. The highest BCUT2D eigenvalue weighted by atomic mass is 19.1. The molecule has 1 aromatic carbocycles. The number of benzene rings is 1. The van der Waals surface area contributed by atoms with E-state index < -0.39 is 11.2 Å². The van der Waals surface area contributed by atoms with Gasteiger partial charge in [0.15, 0.2) is 5.75 Å². The Hall–Kier alpha value is -3.55. The Kier molecular flexibility index (Phi) is 5.54. The van der Waals surface area contributed by atoms with Crippen molar-refractivity contribution in [2.24, 2.45) is 5.92 Å². The molecule has 0 saturated heterocycles. The Balaban J connectivity index is 1.60. The van der Waals surface area contributed by atoms with E-state index in [-0.39, 0.29) is 18.4 Å². The first-order valence-corrected chi connectivity index (χ1v) is 9.92. The van der Waals surface area contributed by atoms with Crippen LogP contribution in [0.3, 0.4) is 0 Å². The largest absolute Gasteiger partial charge is 0.496 e. The van der Waals surface area contributed by atoms with Crippen LogP contribution in [-0.4, -0.2) is 34.6 Å². The summed E-state index contributed by atoms with van der Waals surface area (Å²) in [6.45, 7) is 3.94. The minimum absolute atomic E-state index is 0.203. The van der Waals surface area contributed by atoms with E-state index in [1.165, 1.54) is 12.1 Å². The number of carbonyl (C=O) groups is 1. The number of para-hydroxylation sites is 1. The van der Waals surface area contributed by atoms with Crippen molar-refractivity contribution in [3.05, 3.63) is 71.7 Å². The molecule has 1 aliphatic rings. The summed E-state index contributed by atoms with van der Waals surface area (Å²) in [5, 5.41) is 2.77. The summed E-state index contributed by atoms with van der Waals surface area (Å²) in [5.74, 6) is 1.21. The zero-order valence-electron chi connectivity index (χ0n) is 17.6. The number of hydrogen-bond acceptors (Lipinski definition) is 6. The van der Waals surface area contributed by atoms with Crippen LogP contribution in [0.4, 0.5) is 10.2 Å². The number of nitrogens with one attached hydrogen (secondary N) is 1. The minimum Gasteiger partial charge on any atom is -0.496 e. The number of hydrogen-bond donors (Lipinski definition) is 1. The van der Waals surface area contributed by atoms with Crippen LogP contribution in [0.2, 0.25) is 0 Å². The molecular formula is C23H23FN4O3. The summed E-state index contributed by atoms with van der Waals surface area (Å²) in [4.78, 5) is 25.5. The lowest BCUT2D eigenvalue weighted by atomic mass is 9.92. The van der Waals surface area contributed by atoms with Gasteiger partial charge < -0.3 is 14.8 Å². The van der Waals surface area contributed by atoms with Gasteiger partial charge in [0.25, 0.3) is 0 Å². The third-order valence-electron chi connectivity index (χ3n) is 5.55. The number of halogens is 1. The molecule has 7 nitrogen and oxygen atoms in total. The summed E-state index contributed by atoms with van der Waals surface area (Å²) >= 11 is 0. The molecule has 1 saturated carbocycles. The van der Waals surface area contributed by atoms with Crippen molar-refractivity contribution in [2.45, 2.75) is 25.7 Å². The van der Waals surface area contributed by atoms with E-state index in [9.17, 15) is 9.18 Å². The number of anilines is 1. The SMILES string of the molecule is COc1ccccc1C1(COc2cnc(C)nc2C)CC1C(=O)Nc1ccc(F)cn1. The fraction of sp³-hybridized carbons (Fsp3) is 0.304. The zero-order valence-corrected chi connectivity index (χ0v) is 17.6. The zero-order chi connectivity index (χ0) is 22.0. The van der Waals surface area contributed by atoms with E-state index in [0.717, 1.165) is 17.5 Å². The lowest BCUT2D eigenvalue weighted by Gasteiger charge is -2.21. The van der Waals surface area contributed by atoms with E-state index >= 15 is 0 Å². The van der Waals surface area contributed by atoms with Crippen LogP contribution < -0.4 is 14.8 Å². The number of pyridine rings is 1. The van der Waals surface area contributed by atoms with Crippen molar-refractivity contribution < 1.29 is 18.7 Å². The molecule has 0 aliphatic heterocycles. The molecule has 1 aliphatic carbocycles. The van der Waals surface area contributed by atoms with Gasteiger partial charge in [0.1, 0.15) is 23.2 Å². The second-order valence-corrected chi connectivity index (χ2v) is 7.62. The molecule has 2 atom stereocenters. The molecule has 0 bridgehead atoms. The van der Waals surface area contributed by atoms with Crippen molar-refractivity contribution in [1.29, 1.82) is 0 Å². The Morgan fingerprint density at radius 2 is 1.97 bits per heavy atom. The van der Waals surface area contributed by atoms with Crippen molar-refractivity contribution in [3.63, 3.8) is 0 Å². The molecule has 2 unspecified atom stereocenters. The third kappa shape index (κ3) is 4.19. The van der Waals surface area contributed by atoms with Crippen LogP contribution in [0.25, 0.3) is 0 Å². The fourth-order valence-corrected chi connectivity index (χ4v) is 3.82. The predicted octanol–water partition coefficient (Wildman–Crippen LogP) is 3.61. The molecule has 8 heteroatoms. The third-order valence-corrected chi connectivity index (χ3v) is 5.55. The second-order valence-electron chi connectivity index (χ2n) is 7.62. The maximum absolute atomic E-state index is 13.1. The summed E-state index contributed by atoms with van der Waals surface area (Å²) in [6, 6.07) is 10.3. The molecule has 31 heavy (non-hydrogen) atoms. The molecule has 4 rings (SSSR count). The Labute approximate surface area is 179 Å². The number of aryl methyl sites for hydroxylation is 2. The Bertz CT molecular complexity index is 1110. The highest BCUT2D eigenvalue weighted by molar-refractivity contribution is 5.95. The lowest BCUT2D eigenvalue weighted by Crippen LogP contribution is -2.27. The van der Waals surface area contributed by atoms with Crippen LogP contribution in [0.5, 0.6) is 11.5 Å². The Morgan fingerprint density at radius 1 is 1.16 bits per heavy atom. The summed E-state index contributed by atoms with van der Waals surface area (Å²) in [6.07, 6.45) is 3.29. The molecule has 0 radical (unpaired) electrons. The topological polar surface area (TPSA) is 86.2 Å². The average Bonchev–Trinajstić information content (AvgIpc) is 3.50. The van der Waals surface area contributed by atoms with E-state index in [4.69, 9.17) is 9.47 Å². The van der Waals surface area contributed by atoms with Gasteiger partial charge in [-0.15, -0.1) is 0 Å². The van der Waals surface area contributed by atoms with Gasteiger partial charge in [-0.2, -0.15) is 0 Å². The van der Waals surface area contributed by atoms with Gasteiger partial charge in [0.05, 0.1) is 37.7 Å². The van der Waals surface area contributed by atoms with E-state index in [0.29, 0.717) is 29.6 Å². The van der Waals surface area contributed by atoms with Crippen LogP contribution >= 0.6 is 0 Å². The van der Waals surface area contributed by atoms with Gasteiger partial charge >= 0.3 is 0 Å². The number of ether oxygens (including phenoxy) is 2. The van der Waals surface area contributed by atoms with Gasteiger partial charge in [-0.25, -0.2) is 19.3 Å². The van der Waals surface area contributed by atoms with Crippen LogP contribution in [0.15, 0.2) is 48.8 Å². The minimum atomic E-state index is -0.575. The predicted molar refractivity (Wildman–Crippen MR) is 113 cm³/mol. The number of amides is 1. The lowest BCUT2D eigenvalue weighted by molar-refractivity contribution is -0.117. The van der Waals surface area contributed by atoms with E-state index in [1.54, 1.807) is 13.3 Å². The van der Waals surface area contributed by atoms with Gasteiger partial charge in [-0.1, -0.05) is 18.2 Å². The van der Waals surface area contributed by atoms with Crippen LogP contribution in [0.1, 0.15) is 23.5 Å². The van der Waals surface area contributed by atoms with Gasteiger partial charge in [0.2, 0.25) is 5.91 Å². The Morgan fingerprint density at radius 3 is 2.68 bits per heavy atom. The number of nitrogens with zero attached hydrogens (tertiary/aromatic N) is 3. The summed E-state index contributed by atoms with van der Waals surface area (Å²) in [7, 11) is 1.60. The molecule has 160 valence electrons. The quantitative estimate of drug-likeness (QED) is 0.626. The smallest absolute Gasteiger partial charge is 0.229 e. The van der Waals surface area contributed by atoms with Crippen LogP contribution in [0, 0.1) is 25.6 Å². The number of aromatic nitrogens is 3. The summed E-state index contributed by atoms with van der Waals surface area (Å²) < 4.78 is 24.8. The summed E-state index contributed by atoms with van der Waals surface area (Å²) in [5.41, 5.74) is 1.06. The van der Waals surface area contributed by atoms with Crippen molar-refractivity contribution in [1.82, 2.24) is 15.0 Å². The van der Waals surface area contributed by atoms with Gasteiger partial charge in [0, 0.05) is 11.0 Å². The van der Waals surface area contributed by atoms with Crippen molar-refractivity contribution >= 4 is 11.7 Å². The molecule has 1 N–H and O–H groups in total. The molecule has 1 amide bonds. The first kappa shape index (κ1) is 20.7. The average molecular weight is 422 g/mol. The molecular weight excluding hydrogens is 399 g/mol. The monoisotopic (exact) mass is 422 g/mol. The molecule has 2 aromatic heterocycles. The fourth-order valence-electron chi connectivity index (χ4n) is 3.82. The van der Waals surface area contributed by atoms with E-state index in [2.05, 4.69) is 20.3 Å². The van der Waals surface area contributed by atoms with Crippen molar-refractivity contribution in [3.8, 4) is 11.5 Å². The second kappa shape index (κ2) is 8.29. The highest BCUT2D eigenvalue weighted by Crippen LogP contribution is 2.57. The first-order chi connectivity index (χ1) is 14.9. The van der Waals surface area contributed by atoms with E-state index in [1.807, 2.05) is 38.1 Å². The van der Waals surface area contributed by atoms with Gasteiger partial charge in [-0.05, 0) is 38.5 Å². The molecule has 1 fully saturated rings. The number of carbonyl (C=O) groups excluding carboxylic acids is 1. The number of rotatable bonds is 7. The normalized spacial score (nSPS) is 19.5. The number of methoxy groups -OCH3 is 1. The molecule has 3 aromatic rings. The first-order valence-electron chi connectivity index (χ1n) is 9.92. The van der Waals surface area contributed by atoms with Crippen LogP contribution in [-0.2, 0) is 10.2 Å². The maximum atomic E-state index is 13.1.